The molecular weight excluding hydrogens is 396 g/mol. The third-order valence-electron chi connectivity index (χ3n) is 4.42. The highest BCUT2D eigenvalue weighted by molar-refractivity contribution is 8.00. The molecule has 0 saturated carbocycles. The van der Waals surface area contributed by atoms with Crippen LogP contribution in [0.25, 0.3) is 0 Å². The van der Waals surface area contributed by atoms with Crippen LogP contribution in [0.1, 0.15) is 52.6 Å². The second-order valence-electron chi connectivity index (χ2n) is 8.18. The normalized spacial score (nSPS) is 19.3. The number of ether oxygens (including phenoxy) is 2. The van der Waals surface area contributed by atoms with Crippen LogP contribution in [0.4, 0.5) is 10.5 Å². The number of nitro benzene ring substituents is 1. The van der Waals surface area contributed by atoms with Gasteiger partial charge in [-0.15, -0.1) is 11.8 Å². The third kappa shape index (κ3) is 5.62. The molecule has 8 nitrogen and oxygen atoms in total. The van der Waals surface area contributed by atoms with E-state index >= 15 is 0 Å². The Morgan fingerprint density at radius 2 is 1.97 bits per heavy atom. The van der Waals surface area contributed by atoms with E-state index in [1.54, 1.807) is 26.8 Å². The van der Waals surface area contributed by atoms with Crippen molar-refractivity contribution < 1.29 is 24.0 Å². The summed E-state index contributed by atoms with van der Waals surface area (Å²) in [5, 5.41) is 11.6. The highest BCUT2D eigenvalue weighted by Crippen LogP contribution is 2.44. The van der Waals surface area contributed by atoms with E-state index in [1.807, 2.05) is 13.8 Å². The lowest BCUT2D eigenvalue weighted by atomic mass is 9.93. The van der Waals surface area contributed by atoms with Crippen molar-refractivity contribution >= 4 is 29.5 Å². The Hall–Kier alpha value is -2.29. The Morgan fingerprint density at radius 1 is 1.31 bits per heavy atom. The number of nitrogens with zero attached hydrogens (tertiary/aromatic N) is 2. The van der Waals surface area contributed by atoms with Gasteiger partial charge in [0.1, 0.15) is 5.60 Å². The van der Waals surface area contributed by atoms with Gasteiger partial charge >= 0.3 is 12.1 Å². The van der Waals surface area contributed by atoms with E-state index in [2.05, 4.69) is 0 Å². The molecule has 0 spiro atoms. The van der Waals surface area contributed by atoms with Gasteiger partial charge in [0, 0.05) is 28.8 Å². The minimum atomic E-state index is -0.705. The number of nitro groups is 1. The number of benzene rings is 1. The number of esters is 1. The number of rotatable bonds is 5. The van der Waals surface area contributed by atoms with Crippen LogP contribution in [0.5, 0.6) is 0 Å². The minimum Gasteiger partial charge on any atom is -0.469 e. The standard InChI is InChI=1S/C20H28N2O6S/c1-12(2)29-16-8-7-13(22(25)26)11-15(16)17-14(18(23)27-6)9-10-21(17)19(24)28-20(3,4)5/h7-8,11-12,14,17H,9-10H2,1-6H3. The smallest absolute Gasteiger partial charge is 0.410 e. The lowest BCUT2D eigenvalue weighted by Crippen LogP contribution is -2.38. The summed E-state index contributed by atoms with van der Waals surface area (Å²) in [6.45, 7) is 9.61. The van der Waals surface area contributed by atoms with Gasteiger partial charge in [-0.25, -0.2) is 4.79 Å². The molecule has 0 bridgehead atoms. The largest absolute Gasteiger partial charge is 0.469 e. The van der Waals surface area contributed by atoms with Crippen molar-refractivity contribution in [1.29, 1.82) is 0 Å². The SMILES string of the molecule is COC(=O)C1CCN(C(=O)OC(C)(C)C)C1c1cc([N+](=O)[O-])ccc1SC(C)C. The van der Waals surface area contributed by atoms with E-state index in [9.17, 15) is 19.7 Å². The van der Waals surface area contributed by atoms with Crippen molar-refractivity contribution in [3.05, 3.63) is 33.9 Å². The number of methoxy groups -OCH3 is 1. The third-order valence-corrected chi connectivity index (χ3v) is 5.51. The number of hydrogen-bond donors (Lipinski definition) is 0. The van der Waals surface area contributed by atoms with E-state index < -0.39 is 34.5 Å². The zero-order valence-electron chi connectivity index (χ0n) is 17.6. The first-order valence-corrected chi connectivity index (χ1v) is 10.3. The molecule has 1 saturated heterocycles. The van der Waals surface area contributed by atoms with Gasteiger partial charge in [-0.05, 0) is 38.8 Å². The van der Waals surface area contributed by atoms with E-state index in [4.69, 9.17) is 9.47 Å². The van der Waals surface area contributed by atoms with Crippen molar-refractivity contribution in [2.24, 2.45) is 5.92 Å². The molecular formula is C20H28N2O6S. The van der Waals surface area contributed by atoms with Gasteiger partial charge in [-0.3, -0.25) is 14.9 Å². The molecule has 1 heterocycles. The molecule has 1 aliphatic rings. The highest BCUT2D eigenvalue weighted by atomic mass is 32.2. The molecule has 9 heteroatoms. The Labute approximate surface area is 175 Å². The van der Waals surface area contributed by atoms with Crippen LogP contribution < -0.4 is 0 Å². The van der Waals surface area contributed by atoms with E-state index in [1.165, 1.54) is 35.9 Å². The lowest BCUT2D eigenvalue weighted by Gasteiger charge is -2.31. The van der Waals surface area contributed by atoms with Crippen LogP contribution in [-0.4, -0.2) is 46.4 Å². The molecule has 0 radical (unpaired) electrons. The number of likely N-dealkylation sites (tertiary alicyclic amines) is 1. The van der Waals surface area contributed by atoms with Crippen molar-refractivity contribution in [2.45, 2.75) is 62.8 Å². The van der Waals surface area contributed by atoms with Gasteiger partial charge in [0.2, 0.25) is 0 Å². The molecule has 2 unspecified atom stereocenters. The topological polar surface area (TPSA) is 99.0 Å². The van der Waals surface area contributed by atoms with Crippen LogP contribution in [0.2, 0.25) is 0 Å². The van der Waals surface area contributed by atoms with Crippen LogP contribution in [0.15, 0.2) is 23.1 Å². The molecule has 160 valence electrons. The summed E-state index contributed by atoms with van der Waals surface area (Å²) < 4.78 is 10.5. The molecule has 1 amide bonds. The molecule has 2 atom stereocenters. The molecule has 0 aliphatic carbocycles. The number of carbonyl (C=O) groups excluding carboxylic acids is 2. The number of non-ortho nitro benzene ring substituents is 1. The van der Waals surface area contributed by atoms with Gasteiger partial charge in [-0.1, -0.05) is 13.8 Å². The summed E-state index contributed by atoms with van der Waals surface area (Å²) in [5.41, 5.74) is -0.229. The van der Waals surface area contributed by atoms with E-state index in [0.29, 0.717) is 18.5 Å². The van der Waals surface area contributed by atoms with Crippen molar-refractivity contribution in [2.75, 3.05) is 13.7 Å². The summed E-state index contributed by atoms with van der Waals surface area (Å²) in [7, 11) is 1.30. The lowest BCUT2D eigenvalue weighted by molar-refractivity contribution is -0.385. The summed E-state index contributed by atoms with van der Waals surface area (Å²) in [4.78, 5) is 38.5. The summed E-state index contributed by atoms with van der Waals surface area (Å²) in [6, 6.07) is 3.87. The maximum absolute atomic E-state index is 12.9. The minimum absolute atomic E-state index is 0.0900. The van der Waals surface area contributed by atoms with Crippen LogP contribution in [0.3, 0.4) is 0 Å². The van der Waals surface area contributed by atoms with Gasteiger partial charge < -0.3 is 14.4 Å². The number of hydrogen-bond acceptors (Lipinski definition) is 7. The summed E-state index contributed by atoms with van der Waals surface area (Å²) >= 11 is 1.53. The Morgan fingerprint density at radius 3 is 2.48 bits per heavy atom. The van der Waals surface area contributed by atoms with Gasteiger partial charge in [0.05, 0.1) is 24.0 Å². The molecule has 0 aromatic heterocycles. The second-order valence-corrected chi connectivity index (χ2v) is 9.80. The maximum atomic E-state index is 12.9. The molecule has 1 aromatic carbocycles. The number of thioether (sulfide) groups is 1. The molecule has 29 heavy (non-hydrogen) atoms. The van der Waals surface area contributed by atoms with Crippen LogP contribution in [0, 0.1) is 16.0 Å². The molecule has 0 N–H and O–H groups in total. The Kier molecular flexibility index (Phi) is 7.15. The number of carbonyl (C=O) groups is 2. The van der Waals surface area contributed by atoms with Crippen molar-refractivity contribution in [3.8, 4) is 0 Å². The predicted octanol–water partition coefficient (Wildman–Crippen LogP) is 4.57. The average molecular weight is 425 g/mol. The van der Waals surface area contributed by atoms with E-state index in [-0.39, 0.29) is 10.9 Å². The molecule has 1 aliphatic heterocycles. The summed E-state index contributed by atoms with van der Waals surface area (Å²) in [5.74, 6) is -1.07. The zero-order valence-corrected chi connectivity index (χ0v) is 18.4. The van der Waals surface area contributed by atoms with Crippen LogP contribution >= 0.6 is 11.8 Å². The Balaban J connectivity index is 2.58. The average Bonchev–Trinajstić information content (AvgIpc) is 3.04. The molecule has 1 aromatic rings. The first kappa shape index (κ1) is 23.0. The van der Waals surface area contributed by atoms with E-state index in [0.717, 1.165) is 4.90 Å². The zero-order chi connectivity index (χ0) is 21.9. The first-order chi connectivity index (χ1) is 13.4. The fourth-order valence-electron chi connectivity index (χ4n) is 3.34. The van der Waals surface area contributed by atoms with Gasteiger partial charge in [0.25, 0.3) is 5.69 Å². The van der Waals surface area contributed by atoms with Gasteiger partial charge in [-0.2, -0.15) is 0 Å². The fourth-order valence-corrected chi connectivity index (χ4v) is 4.31. The maximum Gasteiger partial charge on any atom is 0.410 e. The van der Waals surface area contributed by atoms with Gasteiger partial charge in [0.15, 0.2) is 0 Å². The molecule has 1 fully saturated rings. The van der Waals surface area contributed by atoms with Crippen molar-refractivity contribution in [3.63, 3.8) is 0 Å². The quantitative estimate of drug-likeness (QED) is 0.295. The predicted molar refractivity (Wildman–Crippen MR) is 110 cm³/mol. The highest BCUT2D eigenvalue weighted by Gasteiger charge is 2.45. The monoisotopic (exact) mass is 424 g/mol. The number of amides is 1. The van der Waals surface area contributed by atoms with Crippen molar-refractivity contribution in [1.82, 2.24) is 4.90 Å². The molecule has 2 rings (SSSR count). The second kappa shape index (κ2) is 9.02. The Bertz CT molecular complexity index is 790. The summed E-state index contributed by atoms with van der Waals surface area (Å²) in [6.07, 6.45) is -0.161. The first-order valence-electron chi connectivity index (χ1n) is 9.47. The van der Waals surface area contributed by atoms with Crippen LogP contribution in [-0.2, 0) is 14.3 Å². The fraction of sp³-hybridized carbons (Fsp3) is 0.600.